The number of rotatable bonds is 2. The third-order valence-electron chi connectivity index (χ3n) is 1.51. The summed E-state index contributed by atoms with van der Waals surface area (Å²) in [5.41, 5.74) is 0. The molecule has 66 valence electrons. The summed E-state index contributed by atoms with van der Waals surface area (Å²) < 4.78 is 1.65. The Hall–Kier alpha value is -1.36. The van der Waals surface area contributed by atoms with E-state index >= 15 is 0 Å². The number of nitrogens with one attached hydrogen (secondary N) is 2. The topological polar surface area (TPSA) is 56.9 Å². The second-order valence-corrected chi connectivity index (χ2v) is 2.50. The zero-order chi connectivity index (χ0) is 8.97. The summed E-state index contributed by atoms with van der Waals surface area (Å²) in [7, 11) is 3.69. The molecule has 0 aliphatic rings. The predicted octanol–water partition coefficient (Wildman–Crippen LogP) is -0.225. The van der Waals surface area contributed by atoms with Crippen molar-refractivity contribution in [3.05, 3.63) is 18.7 Å². The van der Waals surface area contributed by atoms with Crippen LogP contribution >= 0.6 is 0 Å². The molecule has 0 aliphatic carbocycles. The molecule has 0 saturated heterocycles. The molecule has 0 atom stereocenters. The molecule has 1 heterocycles. The molecular weight excluding hydrogens is 154 g/mol. The molecule has 2 N–H and O–H groups in total. The fraction of sp³-hybridized carbons (Fsp3) is 0.429. The van der Waals surface area contributed by atoms with Gasteiger partial charge in [0.15, 0.2) is 0 Å². The van der Waals surface area contributed by atoms with Crippen molar-refractivity contribution in [2.75, 3.05) is 20.8 Å². The van der Waals surface area contributed by atoms with Crippen LogP contribution in [0, 0.1) is 5.41 Å². The van der Waals surface area contributed by atoms with E-state index in [1.807, 2.05) is 14.1 Å². The van der Waals surface area contributed by atoms with Crippen LogP contribution in [0.2, 0.25) is 0 Å². The normalized spacial score (nSPS) is 9.83. The van der Waals surface area contributed by atoms with Crippen LogP contribution in [0.5, 0.6) is 0 Å². The summed E-state index contributed by atoms with van der Waals surface area (Å²) >= 11 is 0. The number of hydrogen-bond acceptors (Lipinski definition) is 3. The van der Waals surface area contributed by atoms with E-state index in [0.29, 0.717) is 12.6 Å². The highest BCUT2D eigenvalue weighted by atomic mass is 15.3. The Labute approximate surface area is 71.5 Å². The van der Waals surface area contributed by atoms with Gasteiger partial charge in [0, 0.05) is 19.4 Å². The number of nitrogens with zero attached hydrogens (tertiary/aromatic N) is 3. The second-order valence-electron chi connectivity index (χ2n) is 2.50. The Kier molecular flexibility index (Phi) is 2.82. The van der Waals surface area contributed by atoms with Gasteiger partial charge in [-0.1, -0.05) is 0 Å². The standard InChI is InChI=1S/C7H13N5/c1-9-5-11(2)7(8)12-4-3-10-6-12/h3-4,6,8-9H,5H2,1-2H3. The molecule has 1 aromatic rings. The van der Waals surface area contributed by atoms with E-state index in [4.69, 9.17) is 5.41 Å². The molecule has 0 spiro atoms. The van der Waals surface area contributed by atoms with E-state index in [0.717, 1.165) is 0 Å². The minimum atomic E-state index is 0.404. The van der Waals surface area contributed by atoms with Crippen LogP contribution in [-0.4, -0.2) is 41.2 Å². The summed E-state index contributed by atoms with van der Waals surface area (Å²) in [5, 5.41) is 10.6. The van der Waals surface area contributed by atoms with E-state index < -0.39 is 0 Å². The van der Waals surface area contributed by atoms with Gasteiger partial charge in [-0.05, 0) is 7.05 Å². The van der Waals surface area contributed by atoms with E-state index in [-0.39, 0.29) is 0 Å². The first-order chi connectivity index (χ1) is 5.75. The third kappa shape index (κ3) is 1.82. The van der Waals surface area contributed by atoms with Crippen LogP contribution in [0.25, 0.3) is 0 Å². The van der Waals surface area contributed by atoms with Crippen LogP contribution in [0.3, 0.4) is 0 Å². The molecule has 0 aliphatic heterocycles. The van der Waals surface area contributed by atoms with Crippen LogP contribution in [-0.2, 0) is 0 Å². The lowest BCUT2D eigenvalue weighted by atomic mass is 10.7. The van der Waals surface area contributed by atoms with Crippen molar-refractivity contribution in [2.45, 2.75) is 0 Å². The monoisotopic (exact) mass is 167 g/mol. The maximum atomic E-state index is 7.66. The van der Waals surface area contributed by atoms with Gasteiger partial charge in [-0.25, -0.2) is 4.98 Å². The Morgan fingerprint density at radius 1 is 1.75 bits per heavy atom. The molecule has 0 bridgehead atoms. The zero-order valence-electron chi connectivity index (χ0n) is 7.28. The van der Waals surface area contributed by atoms with Gasteiger partial charge in [0.2, 0.25) is 5.96 Å². The Balaban J connectivity index is 2.59. The van der Waals surface area contributed by atoms with Gasteiger partial charge in [-0.2, -0.15) is 0 Å². The highest BCUT2D eigenvalue weighted by molar-refractivity contribution is 5.78. The van der Waals surface area contributed by atoms with Gasteiger partial charge in [0.05, 0.1) is 6.67 Å². The van der Waals surface area contributed by atoms with Gasteiger partial charge >= 0.3 is 0 Å². The molecule has 1 rings (SSSR count). The van der Waals surface area contributed by atoms with Crippen molar-refractivity contribution in [3.8, 4) is 0 Å². The fourth-order valence-electron chi connectivity index (χ4n) is 0.894. The fourth-order valence-corrected chi connectivity index (χ4v) is 0.894. The highest BCUT2D eigenvalue weighted by Gasteiger charge is 2.03. The molecular formula is C7H13N5. The van der Waals surface area contributed by atoms with Gasteiger partial charge in [0.1, 0.15) is 6.33 Å². The maximum absolute atomic E-state index is 7.66. The van der Waals surface area contributed by atoms with Crippen molar-refractivity contribution in [1.82, 2.24) is 19.8 Å². The lowest BCUT2D eigenvalue weighted by molar-refractivity contribution is 0.453. The summed E-state index contributed by atoms with van der Waals surface area (Å²) in [6.07, 6.45) is 5.00. The largest absolute Gasteiger partial charge is 0.333 e. The van der Waals surface area contributed by atoms with E-state index in [1.54, 1.807) is 28.2 Å². The minimum absolute atomic E-state index is 0.404. The number of hydrogen-bond donors (Lipinski definition) is 2. The third-order valence-corrected chi connectivity index (χ3v) is 1.51. The Morgan fingerprint density at radius 3 is 3.00 bits per heavy atom. The first-order valence-electron chi connectivity index (χ1n) is 3.68. The first-order valence-corrected chi connectivity index (χ1v) is 3.68. The average molecular weight is 167 g/mol. The van der Waals surface area contributed by atoms with Crippen molar-refractivity contribution < 1.29 is 0 Å². The summed E-state index contributed by atoms with van der Waals surface area (Å²) in [5.74, 6) is 0.404. The Bertz CT molecular complexity index is 240. The molecule has 5 nitrogen and oxygen atoms in total. The molecule has 12 heavy (non-hydrogen) atoms. The van der Waals surface area contributed by atoms with Crippen LogP contribution in [0.4, 0.5) is 0 Å². The quantitative estimate of drug-likeness (QED) is 0.363. The average Bonchev–Trinajstić information content (AvgIpc) is 2.55. The summed E-state index contributed by atoms with van der Waals surface area (Å²) in [6, 6.07) is 0. The van der Waals surface area contributed by atoms with E-state index in [2.05, 4.69) is 10.3 Å². The van der Waals surface area contributed by atoms with Gasteiger partial charge in [0.25, 0.3) is 0 Å². The number of imidazole rings is 1. The summed E-state index contributed by atoms with van der Waals surface area (Å²) in [4.78, 5) is 5.64. The highest BCUT2D eigenvalue weighted by Crippen LogP contribution is 1.89. The predicted molar refractivity (Wildman–Crippen MR) is 47.0 cm³/mol. The SMILES string of the molecule is CNCN(C)C(=N)n1ccnc1. The minimum Gasteiger partial charge on any atom is -0.333 e. The van der Waals surface area contributed by atoms with Crippen molar-refractivity contribution in [1.29, 1.82) is 5.41 Å². The molecule has 0 amide bonds. The lowest BCUT2D eigenvalue weighted by Crippen LogP contribution is -2.37. The van der Waals surface area contributed by atoms with E-state index in [9.17, 15) is 0 Å². The van der Waals surface area contributed by atoms with Crippen molar-refractivity contribution in [2.24, 2.45) is 0 Å². The van der Waals surface area contributed by atoms with Crippen molar-refractivity contribution >= 4 is 5.96 Å². The zero-order valence-corrected chi connectivity index (χ0v) is 7.28. The maximum Gasteiger partial charge on any atom is 0.204 e. The van der Waals surface area contributed by atoms with Crippen molar-refractivity contribution in [3.63, 3.8) is 0 Å². The summed E-state index contributed by atoms with van der Waals surface area (Å²) in [6.45, 7) is 0.650. The second kappa shape index (κ2) is 3.87. The molecule has 0 fully saturated rings. The van der Waals surface area contributed by atoms with Gasteiger partial charge < -0.3 is 10.2 Å². The number of aromatic nitrogens is 2. The Morgan fingerprint density at radius 2 is 2.50 bits per heavy atom. The molecule has 0 unspecified atom stereocenters. The molecule has 0 radical (unpaired) electrons. The van der Waals surface area contributed by atoms with Gasteiger partial charge in [-0.15, -0.1) is 0 Å². The van der Waals surface area contributed by atoms with Crippen LogP contribution in [0.15, 0.2) is 18.7 Å². The molecule has 1 aromatic heterocycles. The molecule has 5 heteroatoms. The van der Waals surface area contributed by atoms with Crippen LogP contribution in [0.1, 0.15) is 0 Å². The van der Waals surface area contributed by atoms with Gasteiger partial charge in [-0.3, -0.25) is 9.98 Å². The smallest absolute Gasteiger partial charge is 0.204 e. The van der Waals surface area contributed by atoms with E-state index in [1.165, 1.54) is 0 Å². The molecule has 0 aromatic carbocycles. The first kappa shape index (κ1) is 8.73. The lowest BCUT2D eigenvalue weighted by Gasteiger charge is -2.18. The van der Waals surface area contributed by atoms with Crippen LogP contribution < -0.4 is 5.32 Å². The molecule has 0 saturated carbocycles.